The highest BCUT2D eigenvalue weighted by atomic mass is 19.4. The predicted molar refractivity (Wildman–Crippen MR) is 135 cm³/mol. The molecular formula is C26H22F6N8O2. The Balaban J connectivity index is 1.35. The molecule has 16 heteroatoms. The topological polar surface area (TPSA) is 119 Å². The Bertz CT molecular complexity index is 1630. The minimum atomic E-state index is -4.72. The second kappa shape index (κ2) is 10.1. The molecule has 0 spiro atoms. The Labute approximate surface area is 233 Å². The van der Waals surface area contributed by atoms with E-state index in [0.29, 0.717) is 24.7 Å². The molecule has 0 saturated carbocycles. The number of carbonyl (C=O) groups is 1. The number of alkyl halides is 5. The fraction of sp³-hybridized carbons (Fsp3) is 0.346. The fourth-order valence-electron chi connectivity index (χ4n) is 5.01. The first-order chi connectivity index (χ1) is 19.9. The normalized spacial score (nSPS) is 18.8. The van der Waals surface area contributed by atoms with Crippen molar-refractivity contribution in [3.8, 4) is 17.1 Å². The van der Waals surface area contributed by atoms with Crippen LogP contribution in [0.5, 0.6) is 0 Å². The minimum absolute atomic E-state index is 0.173. The van der Waals surface area contributed by atoms with Crippen molar-refractivity contribution in [1.29, 1.82) is 0 Å². The monoisotopic (exact) mass is 592 g/mol. The maximum absolute atomic E-state index is 15.3. The van der Waals surface area contributed by atoms with Gasteiger partial charge in [0.1, 0.15) is 12.1 Å². The first kappa shape index (κ1) is 27.7. The van der Waals surface area contributed by atoms with Gasteiger partial charge in [-0.2, -0.15) is 13.2 Å². The van der Waals surface area contributed by atoms with Gasteiger partial charge in [0, 0.05) is 25.1 Å². The van der Waals surface area contributed by atoms with Crippen LogP contribution in [-0.4, -0.2) is 50.0 Å². The number of nitrogens with zero attached hydrogens (tertiary/aromatic N) is 7. The summed E-state index contributed by atoms with van der Waals surface area (Å²) in [4.78, 5) is 19.4. The SMILES string of the molecule is N[C@@H]1CC(F)(F)c2cc(F)c(-c3nnc(N4CCCC4)o3)cc2N(Cc2ccc(-n3cnc(C(F)(F)F)n3)cc2)C1=O. The number of carbonyl (C=O) groups excluding carboxylic acids is 1. The molecule has 4 heterocycles. The van der Waals surface area contributed by atoms with Crippen LogP contribution in [0.25, 0.3) is 17.1 Å². The number of benzene rings is 2. The lowest BCUT2D eigenvalue weighted by Gasteiger charge is -2.25. The van der Waals surface area contributed by atoms with Crippen LogP contribution in [0.1, 0.15) is 36.2 Å². The number of halogens is 6. The number of hydrogen-bond donors (Lipinski definition) is 1. The first-order valence-electron chi connectivity index (χ1n) is 12.9. The largest absolute Gasteiger partial charge is 0.453 e. The highest BCUT2D eigenvalue weighted by Crippen LogP contribution is 2.45. The summed E-state index contributed by atoms with van der Waals surface area (Å²) in [5, 5.41) is 11.3. The number of nitrogens with two attached hydrogens (primary N) is 1. The summed E-state index contributed by atoms with van der Waals surface area (Å²) >= 11 is 0. The Morgan fingerprint density at radius 2 is 1.79 bits per heavy atom. The molecule has 220 valence electrons. The van der Waals surface area contributed by atoms with Gasteiger partial charge in [0.15, 0.2) is 0 Å². The van der Waals surface area contributed by atoms with E-state index in [4.69, 9.17) is 10.2 Å². The summed E-state index contributed by atoms with van der Waals surface area (Å²) in [6, 6.07) is 6.11. The molecule has 0 bridgehead atoms. The molecule has 4 aromatic rings. The van der Waals surface area contributed by atoms with Crippen molar-refractivity contribution in [2.45, 2.75) is 43.9 Å². The van der Waals surface area contributed by atoms with E-state index in [1.807, 2.05) is 4.90 Å². The Morgan fingerprint density at radius 1 is 1.07 bits per heavy atom. The lowest BCUT2D eigenvalue weighted by molar-refractivity contribution is -0.144. The summed E-state index contributed by atoms with van der Waals surface area (Å²) in [5.41, 5.74) is 5.23. The third-order valence-corrected chi connectivity index (χ3v) is 7.14. The molecule has 0 unspecified atom stereocenters. The molecule has 10 nitrogen and oxygen atoms in total. The minimum Gasteiger partial charge on any atom is -0.403 e. The van der Waals surface area contributed by atoms with Crippen LogP contribution in [0.3, 0.4) is 0 Å². The summed E-state index contributed by atoms with van der Waals surface area (Å²) in [7, 11) is 0. The summed E-state index contributed by atoms with van der Waals surface area (Å²) in [5.74, 6) is -7.06. The smallest absolute Gasteiger partial charge is 0.403 e. The van der Waals surface area contributed by atoms with Gasteiger partial charge in [0.05, 0.1) is 29.5 Å². The highest BCUT2D eigenvalue weighted by molar-refractivity contribution is 5.99. The summed E-state index contributed by atoms with van der Waals surface area (Å²) in [6.45, 7) is 1.11. The van der Waals surface area contributed by atoms with E-state index < -0.39 is 47.7 Å². The molecule has 6 rings (SSSR count). The van der Waals surface area contributed by atoms with E-state index in [1.165, 1.54) is 24.3 Å². The molecule has 1 fully saturated rings. The van der Waals surface area contributed by atoms with Crippen molar-refractivity contribution in [2.24, 2.45) is 5.73 Å². The molecule has 2 aliphatic heterocycles. The third kappa shape index (κ3) is 5.06. The van der Waals surface area contributed by atoms with Gasteiger partial charge in [-0.1, -0.05) is 17.2 Å². The molecule has 2 aromatic carbocycles. The van der Waals surface area contributed by atoms with Gasteiger partial charge < -0.3 is 20.0 Å². The van der Waals surface area contributed by atoms with Crippen molar-refractivity contribution in [3.63, 3.8) is 0 Å². The molecule has 42 heavy (non-hydrogen) atoms. The lowest BCUT2D eigenvalue weighted by Crippen LogP contribution is -2.43. The van der Waals surface area contributed by atoms with E-state index in [0.717, 1.165) is 34.8 Å². The molecular weight excluding hydrogens is 570 g/mol. The van der Waals surface area contributed by atoms with Gasteiger partial charge >= 0.3 is 12.2 Å². The quantitative estimate of drug-likeness (QED) is 0.338. The van der Waals surface area contributed by atoms with Crippen LogP contribution in [0.2, 0.25) is 0 Å². The van der Waals surface area contributed by atoms with Gasteiger partial charge in [-0.3, -0.25) is 4.79 Å². The number of amides is 1. The molecule has 2 aromatic heterocycles. The second-order valence-corrected chi connectivity index (χ2v) is 10.0. The van der Waals surface area contributed by atoms with Crippen LogP contribution >= 0.6 is 0 Å². The summed E-state index contributed by atoms with van der Waals surface area (Å²) < 4.78 is 91.0. The van der Waals surface area contributed by atoms with Gasteiger partial charge in [-0.25, -0.2) is 22.8 Å². The van der Waals surface area contributed by atoms with Crippen molar-refractivity contribution in [3.05, 3.63) is 65.5 Å². The standard InChI is InChI=1S/C26H22F6N8O2/c27-18-10-17-20(9-16(18)21-35-36-24(42-21)38-7-1-2-8-38)39(22(41)19(33)11-25(17,28)29)12-14-3-5-15(6-4-14)40-13-34-23(37-40)26(30,31)32/h3-6,9-10,13,19H,1-2,7-8,11-12,33H2/t19-/m1/s1. The maximum atomic E-state index is 15.3. The van der Waals surface area contributed by atoms with Gasteiger partial charge in [-0.15, -0.1) is 10.2 Å². The van der Waals surface area contributed by atoms with Gasteiger partial charge in [0.2, 0.25) is 5.91 Å². The Morgan fingerprint density at radius 3 is 2.45 bits per heavy atom. The Kier molecular flexibility index (Phi) is 6.67. The van der Waals surface area contributed by atoms with E-state index in [2.05, 4.69) is 20.3 Å². The lowest BCUT2D eigenvalue weighted by atomic mass is 9.99. The molecule has 0 radical (unpaired) electrons. The second-order valence-electron chi connectivity index (χ2n) is 10.0. The van der Waals surface area contributed by atoms with Crippen LogP contribution in [0, 0.1) is 5.82 Å². The van der Waals surface area contributed by atoms with Crippen molar-refractivity contribution >= 4 is 17.6 Å². The Hall–Kier alpha value is -4.47. The zero-order valence-electron chi connectivity index (χ0n) is 21.7. The molecule has 1 saturated heterocycles. The molecule has 2 aliphatic rings. The fourth-order valence-corrected chi connectivity index (χ4v) is 5.01. The summed E-state index contributed by atoms with van der Waals surface area (Å²) in [6.07, 6.45) is -3.02. The van der Waals surface area contributed by atoms with Crippen LogP contribution in [0.15, 0.2) is 47.1 Å². The predicted octanol–water partition coefficient (Wildman–Crippen LogP) is 4.43. The molecule has 1 atom stereocenters. The van der Waals surface area contributed by atoms with Crippen LogP contribution in [-0.2, 0) is 23.4 Å². The molecule has 1 amide bonds. The molecule has 2 N–H and O–H groups in total. The maximum Gasteiger partial charge on any atom is 0.453 e. The van der Waals surface area contributed by atoms with E-state index in [9.17, 15) is 18.0 Å². The van der Waals surface area contributed by atoms with Gasteiger partial charge in [0.25, 0.3) is 17.6 Å². The number of hydrogen-bond acceptors (Lipinski definition) is 8. The van der Waals surface area contributed by atoms with E-state index in [-0.39, 0.29) is 35.4 Å². The third-order valence-electron chi connectivity index (χ3n) is 7.14. The first-order valence-corrected chi connectivity index (χ1v) is 12.9. The van der Waals surface area contributed by atoms with E-state index in [1.54, 1.807) is 0 Å². The van der Waals surface area contributed by atoms with E-state index >= 15 is 13.2 Å². The van der Waals surface area contributed by atoms with Gasteiger partial charge in [-0.05, 0) is 42.7 Å². The average molecular weight is 593 g/mol. The average Bonchev–Trinajstić information content (AvgIpc) is 3.72. The van der Waals surface area contributed by atoms with Crippen molar-refractivity contribution in [2.75, 3.05) is 22.9 Å². The van der Waals surface area contributed by atoms with Crippen molar-refractivity contribution < 1.29 is 35.6 Å². The highest BCUT2D eigenvalue weighted by Gasteiger charge is 2.45. The van der Waals surface area contributed by atoms with Crippen LogP contribution < -0.4 is 15.5 Å². The number of fused-ring (bicyclic) bond motifs is 1. The molecule has 0 aliphatic carbocycles. The number of rotatable bonds is 5. The number of aromatic nitrogens is 5. The van der Waals surface area contributed by atoms with Crippen LogP contribution in [0.4, 0.5) is 38.0 Å². The van der Waals surface area contributed by atoms with Crippen molar-refractivity contribution in [1.82, 2.24) is 25.0 Å². The number of anilines is 2. The zero-order valence-corrected chi connectivity index (χ0v) is 21.7. The zero-order chi connectivity index (χ0) is 29.8.